The molecule has 1 fully saturated rings. The van der Waals surface area contributed by atoms with Crippen LogP contribution in [0.5, 0.6) is 0 Å². The van der Waals surface area contributed by atoms with Gasteiger partial charge in [0.2, 0.25) is 0 Å². The number of hydrogen-bond donors (Lipinski definition) is 1. The minimum Gasteiger partial charge on any atom is -0.352 e. The molecule has 0 radical (unpaired) electrons. The van der Waals surface area contributed by atoms with Crippen molar-refractivity contribution in [1.82, 2.24) is 15.1 Å². The second kappa shape index (κ2) is 8.34. The normalized spacial score (nSPS) is 14.0. The van der Waals surface area contributed by atoms with Crippen LogP contribution in [0.15, 0.2) is 60.7 Å². The van der Waals surface area contributed by atoms with E-state index in [-0.39, 0.29) is 11.8 Å². The van der Waals surface area contributed by atoms with Gasteiger partial charge < -0.3 is 5.32 Å². The maximum atomic E-state index is 13.0. The molecule has 156 valence electrons. The van der Waals surface area contributed by atoms with Gasteiger partial charge in [-0.05, 0) is 48.6 Å². The van der Waals surface area contributed by atoms with Gasteiger partial charge in [-0.3, -0.25) is 9.48 Å². The minimum absolute atomic E-state index is 0.173. The van der Waals surface area contributed by atoms with Crippen LogP contribution in [0.4, 0.5) is 13.2 Å². The molecule has 0 spiro atoms. The molecule has 1 aliphatic carbocycles. The number of aromatic nitrogens is 2. The van der Waals surface area contributed by atoms with Crippen LogP contribution in [-0.2, 0) is 12.7 Å². The van der Waals surface area contributed by atoms with E-state index in [9.17, 15) is 18.0 Å². The number of nitrogens with one attached hydrogen (secondary N) is 1. The number of amides is 1. The fraction of sp³-hybridized carbons (Fsp3) is 0.304. The average molecular weight is 413 g/mol. The lowest BCUT2D eigenvalue weighted by Crippen LogP contribution is -2.25. The quantitative estimate of drug-likeness (QED) is 0.537. The molecule has 0 bridgehead atoms. The van der Waals surface area contributed by atoms with Gasteiger partial charge in [-0.15, -0.1) is 0 Å². The Morgan fingerprint density at radius 2 is 1.70 bits per heavy atom. The Bertz CT molecular complexity index is 1010. The number of nitrogens with zero attached hydrogens (tertiary/aromatic N) is 2. The lowest BCUT2D eigenvalue weighted by Gasteiger charge is -2.09. The number of halogens is 3. The van der Waals surface area contributed by atoms with Crippen LogP contribution in [0.1, 0.15) is 46.9 Å². The highest BCUT2D eigenvalue weighted by molar-refractivity contribution is 5.94. The molecule has 0 saturated heterocycles. The molecule has 2 aromatic carbocycles. The predicted octanol–water partition coefficient (Wildman–Crippen LogP) is 5.27. The number of hydrogen-bond acceptors (Lipinski definition) is 2. The molecular weight excluding hydrogens is 391 g/mol. The molecule has 1 N–H and O–H groups in total. The molecule has 1 aliphatic rings. The van der Waals surface area contributed by atoms with Crippen molar-refractivity contribution in [2.75, 3.05) is 6.54 Å². The van der Waals surface area contributed by atoms with E-state index in [0.29, 0.717) is 30.8 Å². The van der Waals surface area contributed by atoms with Crippen molar-refractivity contribution in [3.63, 3.8) is 0 Å². The Morgan fingerprint density at radius 3 is 2.33 bits per heavy atom. The maximum absolute atomic E-state index is 13.0. The minimum atomic E-state index is -4.44. The van der Waals surface area contributed by atoms with Crippen molar-refractivity contribution in [2.24, 2.45) is 0 Å². The average Bonchev–Trinajstić information content (AvgIpc) is 3.50. The molecular formula is C23H22F3N3O. The van der Waals surface area contributed by atoms with Gasteiger partial charge in [0.25, 0.3) is 5.91 Å². The third kappa shape index (κ3) is 4.72. The highest BCUT2D eigenvalue weighted by atomic mass is 19.4. The van der Waals surface area contributed by atoms with Crippen LogP contribution in [0.3, 0.4) is 0 Å². The lowest BCUT2D eigenvalue weighted by molar-refractivity contribution is -0.141. The van der Waals surface area contributed by atoms with Crippen molar-refractivity contribution >= 4 is 5.91 Å². The largest absolute Gasteiger partial charge is 0.435 e. The summed E-state index contributed by atoms with van der Waals surface area (Å²) >= 11 is 0. The zero-order chi connectivity index (χ0) is 21.1. The molecule has 3 aromatic rings. The highest BCUT2D eigenvalue weighted by Crippen LogP contribution is 2.42. The smallest absolute Gasteiger partial charge is 0.352 e. The first kappa shape index (κ1) is 20.2. The molecule has 0 aliphatic heterocycles. The van der Waals surface area contributed by atoms with Crippen LogP contribution < -0.4 is 5.32 Å². The first-order chi connectivity index (χ1) is 14.4. The molecule has 7 heteroatoms. The van der Waals surface area contributed by atoms with E-state index in [1.807, 2.05) is 42.5 Å². The van der Waals surface area contributed by atoms with Crippen LogP contribution in [0.2, 0.25) is 0 Å². The Hall–Kier alpha value is -3.09. The first-order valence-corrected chi connectivity index (χ1v) is 10.0. The van der Waals surface area contributed by atoms with Gasteiger partial charge in [0.1, 0.15) is 0 Å². The SMILES string of the molecule is O=C(NCCCn1nc(C(F)(F)F)cc1C1CC1)c1ccc(-c2ccccc2)cc1. The Labute approximate surface area is 172 Å². The molecule has 30 heavy (non-hydrogen) atoms. The Morgan fingerprint density at radius 1 is 1.03 bits per heavy atom. The van der Waals surface area contributed by atoms with E-state index in [2.05, 4.69) is 10.4 Å². The molecule has 1 heterocycles. The van der Waals surface area contributed by atoms with Gasteiger partial charge in [-0.25, -0.2) is 0 Å². The van der Waals surface area contributed by atoms with Crippen molar-refractivity contribution in [1.29, 1.82) is 0 Å². The van der Waals surface area contributed by atoms with E-state index in [0.717, 1.165) is 30.0 Å². The standard InChI is InChI=1S/C23H22F3N3O/c24-23(25,26)21-15-20(18-9-10-18)29(28-21)14-4-13-27-22(30)19-11-7-17(8-12-19)16-5-2-1-3-6-16/h1-3,5-8,11-12,15,18H,4,9-10,13-14H2,(H,27,30). The topological polar surface area (TPSA) is 46.9 Å². The van der Waals surface area contributed by atoms with Crippen molar-refractivity contribution in [3.8, 4) is 11.1 Å². The number of rotatable bonds is 7. The second-order valence-corrected chi connectivity index (χ2v) is 7.50. The van der Waals surface area contributed by atoms with Crippen LogP contribution in [-0.4, -0.2) is 22.2 Å². The lowest BCUT2D eigenvalue weighted by atomic mass is 10.0. The molecule has 1 amide bonds. The van der Waals surface area contributed by atoms with Crippen LogP contribution >= 0.6 is 0 Å². The number of benzene rings is 2. The van der Waals surface area contributed by atoms with Crippen LogP contribution in [0.25, 0.3) is 11.1 Å². The van der Waals surface area contributed by atoms with Gasteiger partial charge in [0.15, 0.2) is 5.69 Å². The molecule has 0 atom stereocenters. The molecule has 4 rings (SSSR count). The molecule has 1 saturated carbocycles. The molecule has 0 unspecified atom stereocenters. The number of aryl methyl sites for hydroxylation is 1. The summed E-state index contributed by atoms with van der Waals surface area (Å²) in [7, 11) is 0. The van der Waals surface area contributed by atoms with Gasteiger partial charge >= 0.3 is 6.18 Å². The zero-order valence-electron chi connectivity index (χ0n) is 16.3. The van der Waals surface area contributed by atoms with Gasteiger partial charge in [-0.1, -0.05) is 42.5 Å². The van der Waals surface area contributed by atoms with E-state index < -0.39 is 11.9 Å². The third-order valence-electron chi connectivity index (χ3n) is 5.18. The summed E-state index contributed by atoms with van der Waals surface area (Å²) in [6.45, 7) is 0.708. The van der Waals surface area contributed by atoms with Gasteiger partial charge in [-0.2, -0.15) is 18.3 Å². The number of carbonyl (C=O) groups excluding carboxylic acids is 1. The summed E-state index contributed by atoms with van der Waals surface area (Å²) < 4.78 is 40.3. The summed E-state index contributed by atoms with van der Waals surface area (Å²) in [6, 6.07) is 18.4. The Balaban J connectivity index is 1.31. The second-order valence-electron chi connectivity index (χ2n) is 7.50. The van der Waals surface area contributed by atoms with E-state index in [1.54, 1.807) is 12.1 Å². The summed E-state index contributed by atoms with van der Waals surface area (Å²) in [5.74, 6) is -0.0280. The number of alkyl halides is 3. The third-order valence-corrected chi connectivity index (χ3v) is 5.18. The molecule has 1 aromatic heterocycles. The monoisotopic (exact) mass is 413 g/mol. The van der Waals surface area contributed by atoms with Gasteiger partial charge in [0.05, 0.1) is 0 Å². The fourth-order valence-corrected chi connectivity index (χ4v) is 3.43. The van der Waals surface area contributed by atoms with Crippen molar-refractivity contribution < 1.29 is 18.0 Å². The van der Waals surface area contributed by atoms with E-state index in [4.69, 9.17) is 0 Å². The number of carbonyl (C=O) groups is 1. The summed E-state index contributed by atoms with van der Waals surface area (Å²) in [6.07, 6.45) is -2.13. The summed E-state index contributed by atoms with van der Waals surface area (Å²) in [5, 5.41) is 6.56. The Kier molecular flexibility index (Phi) is 5.61. The first-order valence-electron chi connectivity index (χ1n) is 10.0. The van der Waals surface area contributed by atoms with Crippen LogP contribution in [0, 0.1) is 0 Å². The molecule has 4 nitrogen and oxygen atoms in total. The van der Waals surface area contributed by atoms with Gasteiger partial charge in [0, 0.05) is 30.3 Å². The summed E-state index contributed by atoms with van der Waals surface area (Å²) in [4.78, 5) is 12.3. The van der Waals surface area contributed by atoms with Crippen molar-refractivity contribution in [2.45, 2.75) is 37.9 Å². The van der Waals surface area contributed by atoms with Crippen molar-refractivity contribution in [3.05, 3.63) is 77.6 Å². The van der Waals surface area contributed by atoms with E-state index in [1.165, 1.54) is 4.68 Å². The maximum Gasteiger partial charge on any atom is 0.435 e. The summed E-state index contributed by atoms with van der Waals surface area (Å²) in [5.41, 5.74) is 2.45. The predicted molar refractivity (Wildman–Crippen MR) is 108 cm³/mol. The fourth-order valence-electron chi connectivity index (χ4n) is 3.43. The van der Waals surface area contributed by atoms with E-state index >= 15 is 0 Å². The zero-order valence-corrected chi connectivity index (χ0v) is 16.3. The highest BCUT2D eigenvalue weighted by Gasteiger charge is 2.37.